The highest BCUT2D eigenvalue weighted by Crippen LogP contribution is 2.31. The maximum absolute atomic E-state index is 11.0. The predicted molar refractivity (Wildman–Crippen MR) is 55.9 cm³/mol. The molecule has 1 amide bonds. The summed E-state index contributed by atoms with van der Waals surface area (Å²) < 4.78 is 0. The Morgan fingerprint density at radius 1 is 1.67 bits per heavy atom. The van der Waals surface area contributed by atoms with Crippen LogP contribution in [0.2, 0.25) is 0 Å². The van der Waals surface area contributed by atoms with Crippen LogP contribution in [0.5, 0.6) is 0 Å². The Hall–Kier alpha value is -1.25. The third kappa shape index (κ3) is 1.91. The minimum Gasteiger partial charge on any atom is -0.465 e. The minimum absolute atomic E-state index is 0. The molecule has 2 aliphatic rings. The van der Waals surface area contributed by atoms with E-state index in [1.54, 1.807) is 0 Å². The van der Waals surface area contributed by atoms with Crippen molar-refractivity contribution < 1.29 is 9.90 Å². The van der Waals surface area contributed by atoms with Crippen LogP contribution in [0.25, 0.3) is 0 Å². The second-order valence-electron chi connectivity index (χ2n) is 3.57. The number of piperazine rings is 1. The van der Waals surface area contributed by atoms with Gasteiger partial charge in [-0.2, -0.15) is 5.26 Å². The molecule has 0 unspecified atom stereocenters. The van der Waals surface area contributed by atoms with Gasteiger partial charge in [-0.05, 0) is 12.0 Å². The highest BCUT2D eigenvalue weighted by Gasteiger charge is 2.42. The van der Waals surface area contributed by atoms with E-state index in [1.165, 1.54) is 11.0 Å². The standard InChI is InChI=1S/C9H11N3O2.ClH/c10-2-1-6-3-7-4-11-5-8(6)12(7)9(13)14;/h1,7-8,11H,3-5H2,(H,13,14);1H/t7-,8-;/m1./s1. The number of hydrogen-bond acceptors (Lipinski definition) is 3. The topological polar surface area (TPSA) is 76.4 Å². The first kappa shape index (κ1) is 11.8. The zero-order valence-corrected chi connectivity index (χ0v) is 8.83. The molecule has 2 saturated heterocycles. The van der Waals surface area contributed by atoms with Crippen molar-refractivity contribution in [1.29, 1.82) is 5.26 Å². The third-order valence-corrected chi connectivity index (χ3v) is 2.82. The van der Waals surface area contributed by atoms with Gasteiger partial charge in [0.25, 0.3) is 0 Å². The fraction of sp³-hybridized carbons (Fsp3) is 0.556. The average Bonchev–Trinajstić information content (AvgIpc) is 2.36. The molecule has 2 fully saturated rings. The summed E-state index contributed by atoms with van der Waals surface area (Å²) >= 11 is 0. The van der Waals surface area contributed by atoms with Crippen LogP contribution in [0, 0.1) is 11.3 Å². The van der Waals surface area contributed by atoms with E-state index in [0.29, 0.717) is 19.5 Å². The van der Waals surface area contributed by atoms with Crippen molar-refractivity contribution in [3.05, 3.63) is 11.6 Å². The quantitative estimate of drug-likeness (QED) is 0.596. The summed E-state index contributed by atoms with van der Waals surface area (Å²) in [5.41, 5.74) is 0.935. The molecule has 2 N–H and O–H groups in total. The van der Waals surface area contributed by atoms with Gasteiger partial charge in [-0.1, -0.05) is 0 Å². The maximum atomic E-state index is 11.0. The summed E-state index contributed by atoms with van der Waals surface area (Å²) in [5, 5.41) is 20.7. The Labute approximate surface area is 93.8 Å². The Morgan fingerprint density at radius 2 is 2.40 bits per heavy atom. The number of hydrogen-bond donors (Lipinski definition) is 2. The second-order valence-corrected chi connectivity index (χ2v) is 3.57. The largest absolute Gasteiger partial charge is 0.465 e. The second kappa shape index (κ2) is 4.51. The lowest BCUT2D eigenvalue weighted by Gasteiger charge is -2.32. The summed E-state index contributed by atoms with van der Waals surface area (Å²) in [6.07, 6.45) is 1.29. The van der Waals surface area contributed by atoms with E-state index in [9.17, 15) is 4.79 Å². The number of allylic oxidation sites excluding steroid dienone is 1. The van der Waals surface area contributed by atoms with E-state index in [0.717, 1.165) is 5.57 Å². The van der Waals surface area contributed by atoms with E-state index in [4.69, 9.17) is 10.4 Å². The Kier molecular flexibility index (Phi) is 3.56. The fourth-order valence-electron chi connectivity index (χ4n) is 2.25. The van der Waals surface area contributed by atoms with Crippen molar-refractivity contribution in [2.24, 2.45) is 0 Å². The maximum Gasteiger partial charge on any atom is 0.408 e. The molecular weight excluding hydrogens is 218 g/mol. The van der Waals surface area contributed by atoms with Crippen molar-refractivity contribution in [1.82, 2.24) is 10.2 Å². The Morgan fingerprint density at radius 3 is 2.93 bits per heavy atom. The summed E-state index contributed by atoms with van der Waals surface area (Å²) in [7, 11) is 0. The van der Waals surface area contributed by atoms with Crippen LogP contribution in [-0.4, -0.2) is 41.3 Å². The molecule has 2 atom stereocenters. The van der Waals surface area contributed by atoms with E-state index in [2.05, 4.69) is 5.32 Å². The summed E-state index contributed by atoms with van der Waals surface area (Å²) in [4.78, 5) is 12.4. The number of nitrogens with one attached hydrogen (secondary N) is 1. The number of amides is 1. The normalized spacial score (nSPS) is 30.9. The summed E-state index contributed by atoms with van der Waals surface area (Å²) in [6.45, 7) is 1.31. The molecular formula is C9H12ClN3O2. The molecule has 0 spiro atoms. The number of nitrogens with zero attached hydrogens (tertiary/aromatic N) is 2. The van der Waals surface area contributed by atoms with Gasteiger partial charge in [0, 0.05) is 19.2 Å². The third-order valence-electron chi connectivity index (χ3n) is 2.82. The lowest BCUT2D eigenvalue weighted by Crippen LogP contribution is -2.53. The number of rotatable bonds is 0. The fourth-order valence-corrected chi connectivity index (χ4v) is 2.25. The van der Waals surface area contributed by atoms with Crippen LogP contribution in [0.4, 0.5) is 4.79 Å². The number of carboxylic acid groups (broad SMARTS) is 1. The van der Waals surface area contributed by atoms with Gasteiger partial charge in [0.2, 0.25) is 0 Å². The van der Waals surface area contributed by atoms with Gasteiger partial charge in [-0.25, -0.2) is 4.79 Å². The van der Waals surface area contributed by atoms with Crippen molar-refractivity contribution >= 4 is 18.5 Å². The molecule has 82 valence electrons. The van der Waals surface area contributed by atoms with Crippen LogP contribution in [0.1, 0.15) is 6.42 Å². The predicted octanol–water partition coefficient (Wildman–Crippen LogP) is 0.582. The SMILES string of the molecule is Cl.N#CC=C1C[C@@H]2CNC[C@H]1N2C(=O)O. The molecule has 2 aliphatic heterocycles. The van der Waals surface area contributed by atoms with Crippen LogP contribution in [0.15, 0.2) is 11.6 Å². The van der Waals surface area contributed by atoms with Gasteiger partial charge >= 0.3 is 6.09 Å². The molecule has 0 aromatic rings. The minimum atomic E-state index is -0.886. The van der Waals surface area contributed by atoms with Gasteiger partial charge in [0.1, 0.15) is 0 Å². The van der Waals surface area contributed by atoms with Gasteiger partial charge in [0.05, 0.1) is 18.2 Å². The highest BCUT2D eigenvalue weighted by atomic mass is 35.5. The summed E-state index contributed by atoms with van der Waals surface area (Å²) in [5.74, 6) is 0. The molecule has 0 aromatic carbocycles. The van der Waals surface area contributed by atoms with Crippen molar-refractivity contribution in [2.75, 3.05) is 13.1 Å². The number of halogens is 1. The van der Waals surface area contributed by atoms with E-state index < -0.39 is 6.09 Å². The van der Waals surface area contributed by atoms with Gasteiger partial charge < -0.3 is 10.4 Å². The van der Waals surface area contributed by atoms with Crippen molar-refractivity contribution in [2.45, 2.75) is 18.5 Å². The number of carbonyl (C=O) groups is 1. The van der Waals surface area contributed by atoms with Gasteiger partial charge in [0.15, 0.2) is 0 Å². The number of nitriles is 1. The van der Waals surface area contributed by atoms with E-state index in [1.807, 2.05) is 6.07 Å². The smallest absolute Gasteiger partial charge is 0.408 e. The lowest BCUT2D eigenvalue weighted by atomic mass is 10.1. The van der Waals surface area contributed by atoms with Gasteiger partial charge in [-0.3, -0.25) is 4.90 Å². The molecule has 5 nitrogen and oxygen atoms in total. The average molecular weight is 230 g/mol. The highest BCUT2D eigenvalue weighted by molar-refractivity contribution is 5.85. The van der Waals surface area contributed by atoms with Crippen LogP contribution >= 0.6 is 12.4 Å². The first-order valence-corrected chi connectivity index (χ1v) is 4.54. The van der Waals surface area contributed by atoms with E-state index in [-0.39, 0.29) is 24.5 Å². The van der Waals surface area contributed by atoms with Crippen molar-refractivity contribution in [3.8, 4) is 6.07 Å². The molecule has 6 heteroatoms. The number of fused-ring (bicyclic) bond motifs is 2. The van der Waals surface area contributed by atoms with Crippen LogP contribution in [-0.2, 0) is 0 Å². The molecule has 2 rings (SSSR count). The molecule has 2 bridgehead atoms. The zero-order chi connectivity index (χ0) is 10.1. The molecule has 15 heavy (non-hydrogen) atoms. The van der Waals surface area contributed by atoms with Crippen LogP contribution < -0.4 is 5.32 Å². The Bertz CT molecular complexity index is 337. The molecule has 0 saturated carbocycles. The monoisotopic (exact) mass is 229 g/mol. The zero-order valence-electron chi connectivity index (χ0n) is 8.01. The molecule has 0 aromatic heterocycles. The molecule has 2 heterocycles. The van der Waals surface area contributed by atoms with E-state index >= 15 is 0 Å². The summed E-state index contributed by atoms with van der Waals surface area (Å²) in [6, 6.07) is 1.84. The first-order chi connectivity index (χ1) is 6.74. The van der Waals surface area contributed by atoms with Gasteiger partial charge in [-0.15, -0.1) is 12.4 Å². The molecule has 0 aliphatic carbocycles. The molecule has 0 radical (unpaired) electrons. The van der Waals surface area contributed by atoms with Crippen molar-refractivity contribution in [3.63, 3.8) is 0 Å². The Balaban J connectivity index is 0.00000112. The van der Waals surface area contributed by atoms with Crippen LogP contribution in [0.3, 0.4) is 0 Å². The lowest BCUT2D eigenvalue weighted by molar-refractivity contribution is 0.112. The first-order valence-electron chi connectivity index (χ1n) is 4.54.